The number of β-amino-alcohol motifs (C(OH)–C–C–N with tert-alkyl or cyclic N) is 1. The van der Waals surface area contributed by atoms with E-state index in [9.17, 15) is 5.11 Å². The monoisotopic (exact) mass is 358 g/mol. The number of aromatic nitrogens is 9. The van der Waals surface area contributed by atoms with Crippen LogP contribution in [0.1, 0.15) is 51.8 Å². The minimum absolute atomic E-state index is 0.244. The maximum absolute atomic E-state index is 9.93. The van der Waals surface area contributed by atoms with Gasteiger partial charge in [-0.05, 0) is 13.3 Å². The summed E-state index contributed by atoms with van der Waals surface area (Å²) >= 11 is 0. The molecular weight excluding hydrogens is 336 g/mol. The highest BCUT2D eigenvalue weighted by atomic mass is 16.3. The molecule has 1 fully saturated rings. The van der Waals surface area contributed by atoms with Crippen molar-refractivity contribution in [3.05, 3.63) is 11.6 Å². The minimum atomic E-state index is -0.355. The van der Waals surface area contributed by atoms with Crippen LogP contribution in [0.25, 0.3) is 11.2 Å². The molecule has 3 aromatic rings. The number of hydrogen-bond acceptors (Lipinski definition) is 9. The van der Waals surface area contributed by atoms with Crippen molar-refractivity contribution in [2.45, 2.75) is 51.7 Å². The zero-order valence-electron chi connectivity index (χ0n) is 15.2. The lowest BCUT2D eigenvalue weighted by Crippen LogP contribution is -2.25. The zero-order chi connectivity index (χ0) is 18.5. The summed E-state index contributed by atoms with van der Waals surface area (Å²) in [7, 11) is 0. The molecule has 2 atom stereocenters. The van der Waals surface area contributed by atoms with Gasteiger partial charge in [0.25, 0.3) is 0 Å². The van der Waals surface area contributed by atoms with Gasteiger partial charge in [-0.25, -0.2) is 14.6 Å². The van der Waals surface area contributed by atoms with E-state index in [-0.39, 0.29) is 17.6 Å². The molecule has 1 saturated heterocycles. The molecule has 3 aromatic heterocycles. The van der Waals surface area contributed by atoms with Crippen molar-refractivity contribution in [2.24, 2.45) is 0 Å². The highest BCUT2D eigenvalue weighted by Crippen LogP contribution is 2.30. The van der Waals surface area contributed by atoms with Crippen LogP contribution in [-0.2, 0) is 5.41 Å². The van der Waals surface area contributed by atoms with Crippen LogP contribution in [0, 0.1) is 0 Å². The predicted octanol–water partition coefficient (Wildman–Crippen LogP) is 0.212. The van der Waals surface area contributed by atoms with Crippen molar-refractivity contribution in [1.82, 2.24) is 45.6 Å². The molecule has 0 aliphatic carbocycles. The molecule has 0 bridgehead atoms. The topological polar surface area (TPSA) is 134 Å². The third-order valence-electron chi connectivity index (χ3n) is 4.54. The first-order valence-electron chi connectivity index (χ1n) is 8.64. The Balaban J connectivity index is 1.88. The van der Waals surface area contributed by atoms with Crippen LogP contribution in [0.3, 0.4) is 0 Å². The van der Waals surface area contributed by atoms with E-state index >= 15 is 0 Å². The molecule has 11 heteroatoms. The normalized spacial score (nSPS) is 19.4. The van der Waals surface area contributed by atoms with Gasteiger partial charge in [0.1, 0.15) is 11.9 Å². The summed E-state index contributed by atoms with van der Waals surface area (Å²) in [5.41, 5.74) is 0.993. The van der Waals surface area contributed by atoms with Crippen molar-refractivity contribution >= 4 is 17.0 Å². The lowest BCUT2D eigenvalue weighted by atomic mass is 9.96. The standard InChI is InChI=1S/C15H22N10O/c1-8(11-19-21-22-20-11)25-13-10(18-23-25)12(24-6-5-9(26)7-24)16-14(17-13)15(2,3)4/h8-9,26H,5-7H2,1-4H3,(H,19,20,21,22)/t8?,9-/m0/s1. The fraction of sp³-hybridized carbons (Fsp3) is 0.667. The second kappa shape index (κ2) is 5.94. The summed E-state index contributed by atoms with van der Waals surface area (Å²) in [6.45, 7) is 9.36. The van der Waals surface area contributed by atoms with Crippen LogP contribution < -0.4 is 4.90 Å². The van der Waals surface area contributed by atoms with Gasteiger partial charge in [-0.15, -0.1) is 15.3 Å². The highest BCUT2D eigenvalue weighted by Gasteiger charge is 2.30. The molecule has 26 heavy (non-hydrogen) atoms. The van der Waals surface area contributed by atoms with E-state index in [2.05, 4.69) is 51.7 Å². The van der Waals surface area contributed by atoms with Crippen molar-refractivity contribution in [3.63, 3.8) is 0 Å². The van der Waals surface area contributed by atoms with Crippen LogP contribution in [-0.4, -0.2) is 69.9 Å². The molecular formula is C15H22N10O. The molecule has 1 unspecified atom stereocenters. The van der Waals surface area contributed by atoms with Crippen LogP contribution in [0.15, 0.2) is 0 Å². The summed E-state index contributed by atoms with van der Waals surface area (Å²) in [5, 5.41) is 32.7. The number of rotatable bonds is 3. The minimum Gasteiger partial charge on any atom is -0.391 e. The first-order valence-corrected chi connectivity index (χ1v) is 8.64. The fourth-order valence-corrected chi connectivity index (χ4v) is 3.02. The van der Waals surface area contributed by atoms with E-state index in [0.717, 1.165) is 6.54 Å². The predicted molar refractivity (Wildman–Crippen MR) is 92.6 cm³/mol. The molecule has 1 aliphatic rings. The first kappa shape index (κ1) is 16.8. The highest BCUT2D eigenvalue weighted by molar-refractivity contribution is 5.83. The van der Waals surface area contributed by atoms with Crippen LogP contribution in [0.4, 0.5) is 5.82 Å². The Kier molecular flexibility index (Phi) is 3.83. The number of anilines is 1. The molecule has 1 aliphatic heterocycles. The van der Waals surface area contributed by atoms with Gasteiger partial charge in [0.15, 0.2) is 22.8 Å². The van der Waals surface area contributed by atoms with Crippen molar-refractivity contribution in [3.8, 4) is 0 Å². The Hall–Kier alpha value is -2.69. The first-order chi connectivity index (χ1) is 12.3. The third kappa shape index (κ3) is 2.77. The van der Waals surface area contributed by atoms with Crippen molar-refractivity contribution in [2.75, 3.05) is 18.0 Å². The number of aliphatic hydroxyl groups excluding tert-OH is 1. The van der Waals surface area contributed by atoms with Gasteiger partial charge in [-0.1, -0.05) is 31.2 Å². The molecule has 4 heterocycles. The van der Waals surface area contributed by atoms with Gasteiger partial charge in [-0.2, -0.15) is 5.21 Å². The third-order valence-corrected chi connectivity index (χ3v) is 4.54. The lowest BCUT2D eigenvalue weighted by molar-refractivity contribution is 0.198. The van der Waals surface area contributed by atoms with E-state index in [4.69, 9.17) is 9.97 Å². The number of hydrogen-bond donors (Lipinski definition) is 2. The van der Waals surface area contributed by atoms with Gasteiger partial charge in [0.2, 0.25) is 0 Å². The van der Waals surface area contributed by atoms with Crippen LogP contribution in [0.2, 0.25) is 0 Å². The van der Waals surface area contributed by atoms with E-state index in [1.165, 1.54) is 0 Å². The number of fused-ring (bicyclic) bond motifs is 1. The average molecular weight is 358 g/mol. The smallest absolute Gasteiger partial charge is 0.198 e. The number of H-pyrrole nitrogens is 1. The molecule has 0 aromatic carbocycles. The summed E-state index contributed by atoms with van der Waals surface area (Å²) in [6.07, 6.45) is 0.357. The second-order valence-electron chi connectivity index (χ2n) is 7.66. The Morgan fingerprint density at radius 1 is 1.23 bits per heavy atom. The average Bonchev–Trinajstić information content (AvgIpc) is 3.32. The van der Waals surface area contributed by atoms with Crippen molar-refractivity contribution in [1.29, 1.82) is 0 Å². The molecule has 0 radical (unpaired) electrons. The Labute approximate surface area is 149 Å². The fourth-order valence-electron chi connectivity index (χ4n) is 3.02. The van der Waals surface area contributed by atoms with Crippen molar-refractivity contribution < 1.29 is 5.11 Å². The van der Waals surface area contributed by atoms with Crippen LogP contribution >= 0.6 is 0 Å². The zero-order valence-corrected chi connectivity index (χ0v) is 15.2. The van der Waals surface area contributed by atoms with Crippen LogP contribution in [0.5, 0.6) is 0 Å². The van der Waals surface area contributed by atoms with Gasteiger partial charge in [0.05, 0.1) is 6.10 Å². The van der Waals surface area contributed by atoms with Gasteiger partial charge >= 0.3 is 0 Å². The molecule has 2 N–H and O–H groups in total. The van der Waals surface area contributed by atoms with Gasteiger partial charge < -0.3 is 10.0 Å². The maximum Gasteiger partial charge on any atom is 0.198 e. The molecule has 0 saturated carbocycles. The lowest BCUT2D eigenvalue weighted by Gasteiger charge is -2.22. The van der Waals surface area contributed by atoms with E-state index in [0.29, 0.717) is 41.6 Å². The summed E-state index contributed by atoms with van der Waals surface area (Å²) < 4.78 is 1.69. The second-order valence-corrected chi connectivity index (χ2v) is 7.66. The number of aliphatic hydroxyl groups is 1. The summed E-state index contributed by atoms with van der Waals surface area (Å²) in [5.74, 6) is 1.92. The molecule has 4 rings (SSSR count). The Bertz CT molecular complexity index is 913. The number of tetrazole rings is 1. The summed E-state index contributed by atoms with van der Waals surface area (Å²) in [4.78, 5) is 11.5. The van der Waals surface area contributed by atoms with E-state index < -0.39 is 0 Å². The SMILES string of the molecule is CC(c1nn[nH]n1)n1nnc2c(N3CC[C@H](O)C3)nc(C(C)(C)C)nc21. The molecule has 138 valence electrons. The molecule has 0 spiro atoms. The van der Waals surface area contributed by atoms with E-state index in [1.807, 2.05) is 11.8 Å². The molecule has 0 amide bonds. The maximum atomic E-state index is 9.93. The quantitative estimate of drug-likeness (QED) is 0.673. The molecule has 11 nitrogen and oxygen atoms in total. The van der Waals surface area contributed by atoms with Gasteiger partial charge in [-0.3, -0.25) is 0 Å². The number of nitrogens with zero attached hydrogens (tertiary/aromatic N) is 9. The van der Waals surface area contributed by atoms with Gasteiger partial charge in [0, 0.05) is 18.5 Å². The Morgan fingerprint density at radius 2 is 2.04 bits per heavy atom. The van der Waals surface area contributed by atoms with E-state index in [1.54, 1.807) is 4.68 Å². The number of nitrogens with one attached hydrogen (secondary N) is 1. The largest absolute Gasteiger partial charge is 0.391 e. The number of aromatic amines is 1. The Morgan fingerprint density at radius 3 is 2.65 bits per heavy atom. The summed E-state index contributed by atoms with van der Waals surface area (Å²) in [6, 6.07) is -0.279.